The summed E-state index contributed by atoms with van der Waals surface area (Å²) < 4.78 is 0. The average molecular weight is 137 g/mol. The van der Waals surface area contributed by atoms with E-state index in [1.807, 2.05) is 18.2 Å². The third-order valence-corrected chi connectivity index (χ3v) is 0.566. The van der Waals surface area contributed by atoms with Crippen molar-refractivity contribution in [2.75, 3.05) is 0 Å². The number of pyridine rings is 1. The molecule has 0 aliphatic carbocycles. The monoisotopic (exact) mass is 137 g/mol. The van der Waals surface area contributed by atoms with Gasteiger partial charge < -0.3 is 5.73 Å². The van der Waals surface area contributed by atoms with Crippen molar-refractivity contribution >= 4 is 5.84 Å². The van der Waals surface area contributed by atoms with Gasteiger partial charge in [0.25, 0.3) is 0 Å². The summed E-state index contributed by atoms with van der Waals surface area (Å²) in [7, 11) is 0. The Bertz CT molecular complexity index is 141. The first-order valence-corrected chi connectivity index (χ1v) is 2.89. The van der Waals surface area contributed by atoms with Gasteiger partial charge in [0.2, 0.25) is 0 Å². The Kier molecular flexibility index (Phi) is 4.96. The van der Waals surface area contributed by atoms with Gasteiger partial charge in [-0.15, -0.1) is 0 Å². The number of hydrogen-bond donors (Lipinski definition) is 2. The number of nitrogens with zero attached hydrogens (tertiary/aromatic N) is 1. The van der Waals surface area contributed by atoms with Crippen molar-refractivity contribution in [2.45, 2.75) is 6.92 Å². The molecule has 0 fully saturated rings. The van der Waals surface area contributed by atoms with Crippen molar-refractivity contribution < 1.29 is 0 Å². The molecule has 3 nitrogen and oxygen atoms in total. The van der Waals surface area contributed by atoms with E-state index in [4.69, 9.17) is 11.1 Å². The molecule has 0 saturated heterocycles. The predicted molar refractivity (Wildman–Crippen MR) is 41.8 cm³/mol. The third-order valence-electron chi connectivity index (χ3n) is 0.566. The highest BCUT2D eigenvalue weighted by molar-refractivity contribution is 5.73. The fraction of sp³-hybridized carbons (Fsp3) is 0.143. The van der Waals surface area contributed by atoms with Crippen LogP contribution in [0.2, 0.25) is 0 Å². The molecule has 0 aliphatic rings. The van der Waals surface area contributed by atoms with E-state index in [1.165, 1.54) is 6.92 Å². The summed E-state index contributed by atoms with van der Waals surface area (Å²) in [6.45, 7) is 1.53. The van der Waals surface area contributed by atoms with E-state index in [-0.39, 0.29) is 5.84 Å². The van der Waals surface area contributed by atoms with Gasteiger partial charge in [-0.2, -0.15) is 0 Å². The lowest BCUT2D eigenvalue weighted by Crippen LogP contribution is -2.00. The van der Waals surface area contributed by atoms with Crippen molar-refractivity contribution in [1.29, 1.82) is 5.41 Å². The molecule has 0 unspecified atom stereocenters. The first kappa shape index (κ1) is 8.62. The van der Waals surface area contributed by atoms with Crippen LogP contribution in [-0.4, -0.2) is 10.8 Å². The van der Waals surface area contributed by atoms with Crippen molar-refractivity contribution in [2.24, 2.45) is 5.73 Å². The van der Waals surface area contributed by atoms with Crippen LogP contribution in [0.25, 0.3) is 0 Å². The van der Waals surface area contributed by atoms with E-state index in [9.17, 15) is 0 Å². The molecule has 0 radical (unpaired) electrons. The van der Waals surface area contributed by atoms with E-state index >= 15 is 0 Å². The smallest absolute Gasteiger partial charge is 0.0873 e. The van der Waals surface area contributed by atoms with Gasteiger partial charge >= 0.3 is 0 Å². The van der Waals surface area contributed by atoms with E-state index in [0.29, 0.717) is 0 Å². The zero-order valence-corrected chi connectivity index (χ0v) is 5.91. The number of aromatic nitrogens is 1. The summed E-state index contributed by atoms with van der Waals surface area (Å²) in [6, 6.07) is 5.72. The number of nitrogens with two attached hydrogens (primary N) is 1. The van der Waals surface area contributed by atoms with Gasteiger partial charge in [-0.25, -0.2) is 0 Å². The van der Waals surface area contributed by atoms with Gasteiger partial charge in [0.05, 0.1) is 5.84 Å². The first-order valence-electron chi connectivity index (χ1n) is 2.89. The molecule has 0 amide bonds. The van der Waals surface area contributed by atoms with Crippen LogP contribution in [0.1, 0.15) is 6.92 Å². The molecule has 0 aliphatic heterocycles. The molecule has 1 aromatic rings. The van der Waals surface area contributed by atoms with Crippen LogP contribution in [0.15, 0.2) is 30.6 Å². The zero-order chi connectivity index (χ0) is 7.82. The SMILES string of the molecule is CC(=N)N.c1ccncc1. The molecule has 0 bridgehead atoms. The zero-order valence-electron chi connectivity index (χ0n) is 5.91. The first-order chi connectivity index (χ1) is 4.73. The van der Waals surface area contributed by atoms with E-state index in [2.05, 4.69) is 4.98 Å². The highest BCUT2D eigenvalue weighted by atomic mass is 14.7. The second kappa shape index (κ2) is 5.75. The standard InChI is InChI=1S/C5H5N.C2H6N2/c1-2-4-6-5-3-1;1-2(3)4/h1-5H;1H3,(H3,3,4). The van der Waals surface area contributed by atoms with Gasteiger partial charge in [-0.05, 0) is 19.1 Å². The molecule has 0 aromatic carbocycles. The van der Waals surface area contributed by atoms with Crippen molar-refractivity contribution in [1.82, 2.24) is 4.98 Å². The molecular weight excluding hydrogens is 126 g/mol. The second-order valence-corrected chi connectivity index (χ2v) is 1.71. The summed E-state index contributed by atoms with van der Waals surface area (Å²) in [5.41, 5.74) is 4.69. The molecular formula is C7H11N3. The van der Waals surface area contributed by atoms with Crippen LogP contribution in [0.4, 0.5) is 0 Å². The van der Waals surface area contributed by atoms with E-state index in [0.717, 1.165) is 0 Å². The number of amidine groups is 1. The number of rotatable bonds is 0. The lowest BCUT2D eigenvalue weighted by Gasteiger charge is -1.70. The molecule has 1 rings (SSSR count). The Morgan fingerprint density at radius 2 is 1.70 bits per heavy atom. The summed E-state index contributed by atoms with van der Waals surface area (Å²) >= 11 is 0. The predicted octanol–water partition coefficient (Wildman–Crippen LogP) is 1.02. The van der Waals surface area contributed by atoms with Crippen LogP contribution >= 0.6 is 0 Å². The van der Waals surface area contributed by atoms with Crippen molar-refractivity contribution in [3.63, 3.8) is 0 Å². The second-order valence-electron chi connectivity index (χ2n) is 1.71. The lowest BCUT2D eigenvalue weighted by molar-refractivity contribution is 1.33. The summed E-state index contributed by atoms with van der Waals surface area (Å²) in [5, 5.41) is 6.28. The van der Waals surface area contributed by atoms with Crippen molar-refractivity contribution in [3.8, 4) is 0 Å². The molecule has 3 N–H and O–H groups in total. The maximum atomic E-state index is 6.28. The molecule has 1 aromatic heterocycles. The van der Waals surface area contributed by atoms with Gasteiger partial charge in [0.1, 0.15) is 0 Å². The Morgan fingerprint density at radius 3 is 1.80 bits per heavy atom. The van der Waals surface area contributed by atoms with Crippen LogP contribution < -0.4 is 5.73 Å². The topological polar surface area (TPSA) is 62.8 Å². The third kappa shape index (κ3) is 9.80. The Hall–Kier alpha value is -1.38. The number of hydrogen-bond acceptors (Lipinski definition) is 2. The lowest BCUT2D eigenvalue weighted by atomic mass is 10.5. The minimum atomic E-state index is 0.167. The molecule has 0 saturated carbocycles. The highest BCUT2D eigenvalue weighted by Gasteiger charge is 1.58. The van der Waals surface area contributed by atoms with Crippen LogP contribution in [0.3, 0.4) is 0 Å². The Morgan fingerprint density at radius 1 is 1.30 bits per heavy atom. The summed E-state index contributed by atoms with van der Waals surface area (Å²) in [4.78, 5) is 3.78. The molecule has 0 atom stereocenters. The molecule has 0 spiro atoms. The Labute approximate surface area is 60.4 Å². The van der Waals surface area contributed by atoms with Gasteiger partial charge in [0.15, 0.2) is 0 Å². The van der Waals surface area contributed by atoms with Gasteiger partial charge in [-0.3, -0.25) is 10.4 Å². The highest BCUT2D eigenvalue weighted by Crippen LogP contribution is 1.73. The quantitative estimate of drug-likeness (QED) is 0.414. The minimum Gasteiger partial charge on any atom is -0.388 e. The summed E-state index contributed by atoms with van der Waals surface area (Å²) in [6.07, 6.45) is 3.50. The maximum absolute atomic E-state index is 6.28. The van der Waals surface area contributed by atoms with Gasteiger partial charge in [0, 0.05) is 12.4 Å². The normalized spacial score (nSPS) is 7.30. The largest absolute Gasteiger partial charge is 0.388 e. The summed E-state index contributed by atoms with van der Waals surface area (Å²) in [5.74, 6) is 0.167. The number of nitrogens with one attached hydrogen (secondary N) is 1. The average Bonchev–Trinajstić information content (AvgIpc) is 1.90. The van der Waals surface area contributed by atoms with Crippen LogP contribution in [0.5, 0.6) is 0 Å². The fourth-order valence-corrected chi connectivity index (χ4v) is 0.313. The minimum absolute atomic E-state index is 0.167. The van der Waals surface area contributed by atoms with E-state index in [1.54, 1.807) is 12.4 Å². The molecule has 10 heavy (non-hydrogen) atoms. The van der Waals surface area contributed by atoms with Crippen molar-refractivity contribution in [3.05, 3.63) is 30.6 Å². The Balaban J connectivity index is 0.000000180. The van der Waals surface area contributed by atoms with Crippen LogP contribution in [0, 0.1) is 5.41 Å². The molecule has 1 heterocycles. The maximum Gasteiger partial charge on any atom is 0.0873 e. The van der Waals surface area contributed by atoms with Crippen LogP contribution in [-0.2, 0) is 0 Å². The molecule has 54 valence electrons. The molecule has 3 heteroatoms. The van der Waals surface area contributed by atoms with E-state index < -0.39 is 0 Å². The van der Waals surface area contributed by atoms with Gasteiger partial charge in [-0.1, -0.05) is 6.07 Å². The fourth-order valence-electron chi connectivity index (χ4n) is 0.313.